The first-order valence-corrected chi connectivity index (χ1v) is 6.51. The SMILES string of the molecule is CC(CNC1CCCC1)c1cccs1. The second kappa shape index (κ2) is 4.94. The highest BCUT2D eigenvalue weighted by Gasteiger charge is 2.15. The quantitative estimate of drug-likeness (QED) is 0.801. The van der Waals surface area contributed by atoms with Crippen molar-refractivity contribution >= 4 is 11.3 Å². The minimum Gasteiger partial charge on any atom is -0.313 e. The van der Waals surface area contributed by atoms with Gasteiger partial charge in [-0.15, -0.1) is 11.3 Å². The van der Waals surface area contributed by atoms with Crippen LogP contribution in [-0.4, -0.2) is 12.6 Å². The van der Waals surface area contributed by atoms with Crippen molar-refractivity contribution in [3.63, 3.8) is 0 Å². The van der Waals surface area contributed by atoms with Crippen molar-refractivity contribution in [2.45, 2.75) is 44.6 Å². The van der Waals surface area contributed by atoms with Crippen molar-refractivity contribution in [2.75, 3.05) is 6.54 Å². The first-order valence-electron chi connectivity index (χ1n) is 5.63. The van der Waals surface area contributed by atoms with E-state index in [4.69, 9.17) is 0 Å². The van der Waals surface area contributed by atoms with E-state index in [-0.39, 0.29) is 0 Å². The van der Waals surface area contributed by atoms with Crippen LogP contribution in [0.15, 0.2) is 17.5 Å². The van der Waals surface area contributed by atoms with Crippen LogP contribution in [0.25, 0.3) is 0 Å². The molecule has 1 N–H and O–H groups in total. The summed E-state index contributed by atoms with van der Waals surface area (Å²) in [6.07, 6.45) is 5.62. The Bertz CT molecular complexity index is 249. The molecule has 2 heteroatoms. The average molecular weight is 209 g/mol. The highest BCUT2D eigenvalue weighted by Crippen LogP contribution is 2.22. The minimum absolute atomic E-state index is 0.676. The summed E-state index contributed by atoms with van der Waals surface area (Å²) in [7, 11) is 0. The molecule has 1 aliphatic rings. The maximum atomic E-state index is 3.68. The second-order valence-electron chi connectivity index (χ2n) is 4.31. The molecule has 1 aromatic rings. The molecule has 1 unspecified atom stereocenters. The van der Waals surface area contributed by atoms with Gasteiger partial charge < -0.3 is 5.32 Å². The van der Waals surface area contributed by atoms with Gasteiger partial charge in [-0.2, -0.15) is 0 Å². The lowest BCUT2D eigenvalue weighted by Crippen LogP contribution is -2.29. The molecule has 1 nitrogen and oxygen atoms in total. The zero-order valence-corrected chi connectivity index (χ0v) is 9.65. The predicted molar refractivity (Wildman–Crippen MR) is 63.0 cm³/mol. The zero-order valence-electron chi connectivity index (χ0n) is 8.83. The standard InChI is InChI=1S/C12H19NS/c1-10(12-7-4-8-14-12)9-13-11-5-2-3-6-11/h4,7-8,10-11,13H,2-3,5-6,9H2,1H3. The van der Waals surface area contributed by atoms with E-state index >= 15 is 0 Å². The Morgan fingerprint density at radius 3 is 2.93 bits per heavy atom. The summed E-state index contributed by atoms with van der Waals surface area (Å²) in [5, 5.41) is 5.84. The van der Waals surface area contributed by atoms with Crippen molar-refractivity contribution in [3.8, 4) is 0 Å². The van der Waals surface area contributed by atoms with Crippen LogP contribution in [0.3, 0.4) is 0 Å². The molecular weight excluding hydrogens is 190 g/mol. The van der Waals surface area contributed by atoms with Crippen molar-refractivity contribution in [1.82, 2.24) is 5.32 Å². The van der Waals surface area contributed by atoms with Crippen LogP contribution < -0.4 is 5.32 Å². The summed E-state index contributed by atoms with van der Waals surface area (Å²) in [5.41, 5.74) is 0. The van der Waals surface area contributed by atoms with Gasteiger partial charge in [0.25, 0.3) is 0 Å². The van der Waals surface area contributed by atoms with Gasteiger partial charge in [0, 0.05) is 23.4 Å². The Kier molecular flexibility index (Phi) is 3.60. The molecule has 2 rings (SSSR count). The summed E-state index contributed by atoms with van der Waals surface area (Å²) < 4.78 is 0. The fourth-order valence-corrected chi connectivity index (χ4v) is 2.93. The van der Waals surface area contributed by atoms with Crippen molar-refractivity contribution in [3.05, 3.63) is 22.4 Å². The molecule has 0 radical (unpaired) electrons. The predicted octanol–water partition coefficient (Wildman–Crippen LogP) is 3.38. The van der Waals surface area contributed by atoms with Crippen LogP contribution in [0, 0.1) is 0 Å². The molecule has 0 aromatic carbocycles. The largest absolute Gasteiger partial charge is 0.313 e. The van der Waals surface area contributed by atoms with Crippen LogP contribution in [0.5, 0.6) is 0 Å². The molecule has 14 heavy (non-hydrogen) atoms. The van der Waals surface area contributed by atoms with E-state index < -0.39 is 0 Å². The third-order valence-electron chi connectivity index (χ3n) is 3.10. The topological polar surface area (TPSA) is 12.0 Å². The lowest BCUT2D eigenvalue weighted by atomic mass is 10.1. The van der Waals surface area contributed by atoms with Gasteiger partial charge in [0.05, 0.1) is 0 Å². The first kappa shape index (κ1) is 10.2. The third kappa shape index (κ3) is 2.58. The van der Waals surface area contributed by atoms with E-state index in [9.17, 15) is 0 Å². The van der Waals surface area contributed by atoms with Gasteiger partial charge in [-0.3, -0.25) is 0 Å². The van der Waals surface area contributed by atoms with E-state index in [2.05, 4.69) is 29.8 Å². The van der Waals surface area contributed by atoms with Gasteiger partial charge >= 0.3 is 0 Å². The van der Waals surface area contributed by atoms with E-state index in [1.807, 2.05) is 11.3 Å². The summed E-state index contributed by atoms with van der Waals surface area (Å²) in [5.74, 6) is 0.676. The van der Waals surface area contributed by atoms with Crippen LogP contribution in [-0.2, 0) is 0 Å². The summed E-state index contributed by atoms with van der Waals surface area (Å²) in [6, 6.07) is 5.19. The highest BCUT2D eigenvalue weighted by atomic mass is 32.1. The molecule has 1 fully saturated rings. The van der Waals surface area contributed by atoms with Crippen LogP contribution in [0.1, 0.15) is 43.4 Å². The average Bonchev–Trinajstić information content (AvgIpc) is 2.87. The Labute approximate surface area is 90.5 Å². The molecule has 1 aromatic heterocycles. The number of hydrogen-bond acceptors (Lipinski definition) is 2. The molecule has 78 valence electrons. The molecule has 0 amide bonds. The third-order valence-corrected chi connectivity index (χ3v) is 4.20. The van der Waals surface area contributed by atoms with Crippen LogP contribution in [0.2, 0.25) is 0 Å². The fraction of sp³-hybridized carbons (Fsp3) is 0.667. The molecule has 1 aliphatic carbocycles. The van der Waals surface area contributed by atoms with Crippen LogP contribution in [0.4, 0.5) is 0 Å². The minimum atomic E-state index is 0.676. The van der Waals surface area contributed by atoms with E-state index in [0.29, 0.717) is 5.92 Å². The van der Waals surface area contributed by atoms with Crippen molar-refractivity contribution in [2.24, 2.45) is 0 Å². The van der Waals surface area contributed by atoms with Gasteiger partial charge in [0.1, 0.15) is 0 Å². The van der Waals surface area contributed by atoms with Gasteiger partial charge in [0.15, 0.2) is 0 Å². The van der Waals surface area contributed by atoms with Gasteiger partial charge in [-0.25, -0.2) is 0 Å². The normalized spacial score (nSPS) is 20.1. The molecule has 1 atom stereocenters. The maximum absolute atomic E-state index is 3.68. The van der Waals surface area contributed by atoms with E-state index in [0.717, 1.165) is 12.6 Å². The molecule has 0 saturated heterocycles. The smallest absolute Gasteiger partial charge is 0.00860 e. The molecule has 0 aliphatic heterocycles. The molecule has 0 bridgehead atoms. The van der Waals surface area contributed by atoms with Gasteiger partial charge in [-0.05, 0) is 24.3 Å². The highest BCUT2D eigenvalue weighted by molar-refractivity contribution is 7.10. The number of hydrogen-bond donors (Lipinski definition) is 1. The summed E-state index contributed by atoms with van der Waals surface area (Å²) >= 11 is 1.87. The Morgan fingerprint density at radius 1 is 1.50 bits per heavy atom. The first-order chi connectivity index (χ1) is 6.86. The summed E-state index contributed by atoms with van der Waals surface area (Å²) in [6.45, 7) is 3.46. The zero-order chi connectivity index (χ0) is 9.80. The van der Waals surface area contributed by atoms with Crippen LogP contribution >= 0.6 is 11.3 Å². The lowest BCUT2D eigenvalue weighted by molar-refractivity contribution is 0.502. The van der Waals surface area contributed by atoms with E-state index in [1.165, 1.54) is 30.6 Å². The van der Waals surface area contributed by atoms with Crippen molar-refractivity contribution < 1.29 is 0 Å². The number of thiophene rings is 1. The molecular formula is C12H19NS. The van der Waals surface area contributed by atoms with Gasteiger partial charge in [-0.1, -0.05) is 25.8 Å². The number of nitrogens with one attached hydrogen (secondary N) is 1. The second-order valence-corrected chi connectivity index (χ2v) is 5.29. The fourth-order valence-electron chi connectivity index (χ4n) is 2.15. The molecule has 0 spiro atoms. The molecule has 1 heterocycles. The Balaban J connectivity index is 1.74. The van der Waals surface area contributed by atoms with Crippen molar-refractivity contribution in [1.29, 1.82) is 0 Å². The van der Waals surface area contributed by atoms with E-state index in [1.54, 1.807) is 0 Å². The monoisotopic (exact) mass is 209 g/mol. The lowest BCUT2D eigenvalue weighted by Gasteiger charge is -2.15. The Hall–Kier alpha value is -0.340. The summed E-state index contributed by atoms with van der Waals surface area (Å²) in [4.78, 5) is 1.51. The maximum Gasteiger partial charge on any atom is 0.00860 e. The Morgan fingerprint density at radius 2 is 2.29 bits per heavy atom. The molecule has 1 saturated carbocycles. The van der Waals surface area contributed by atoms with Gasteiger partial charge in [0.2, 0.25) is 0 Å². The number of rotatable bonds is 4.